The number of unbranched alkanes of at least 4 members (excludes halogenated alkanes) is 1. The Labute approximate surface area is 256 Å². The van der Waals surface area contributed by atoms with E-state index in [0.717, 1.165) is 17.4 Å². The predicted molar refractivity (Wildman–Crippen MR) is 165 cm³/mol. The number of nitrogens with two attached hydrogens (primary N) is 1. The van der Waals surface area contributed by atoms with E-state index in [1.54, 1.807) is 44.2 Å². The molecule has 4 amide bonds. The van der Waals surface area contributed by atoms with Gasteiger partial charge in [0.15, 0.2) is 5.78 Å². The van der Waals surface area contributed by atoms with Gasteiger partial charge in [-0.15, -0.1) is 0 Å². The third-order valence-corrected chi connectivity index (χ3v) is 6.76. The first kappa shape index (κ1) is 33.7. The maximum atomic E-state index is 13.6. The number of carbonyl (C=O) groups excluding carboxylic acids is 5. The monoisotopic (exact) mass is 604 g/mol. The number of nitrogens with zero attached hydrogens (tertiary/aromatic N) is 2. The van der Waals surface area contributed by atoms with Gasteiger partial charge in [0.1, 0.15) is 11.7 Å². The number of hydrazine groups is 1. The highest BCUT2D eigenvalue weighted by atomic mass is 16.6. The van der Waals surface area contributed by atoms with Crippen LogP contribution < -0.4 is 21.8 Å². The SMILES string of the molecule is CCCCOC(=O)NN(CC(=O)[C@H](Cc1ccccc1)NC(=O)C(CC(N)=O)NC(=O)c1ccc2ccccc2n1)C(C)C. The molecule has 0 aliphatic carbocycles. The molecule has 3 rings (SSSR count). The maximum Gasteiger partial charge on any atom is 0.421 e. The van der Waals surface area contributed by atoms with E-state index in [2.05, 4.69) is 21.0 Å². The lowest BCUT2D eigenvalue weighted by Crippen LogP contribution is -2.56. The molecule has 12 heteroatoms. The Bertz CT molecular complexity index is 1450. The van der Waals surface area contributed by atoms with Gasteiger partial charge in [0.2, 0.25) is 11.8 Å². The lowest BCUT2D eigenvalue weighted by molar-refractivity contribution is -0.131. The van der Waals surface area contributed by atoms with Crippen LogP contribution in [-0.4, -0.2) is 70.9 Å². The van der Waals surface area contributed by atoms with E-state index in [1.165, 1.54) is 11.1 Å². The van der Waals surface area contributed by atoms with Gasteiger partial charge < -0.3 is 21.1 Å². The molecule has 0 spiro atoms. The van der Waals surface area contributed by atoms with E-state index >= 15 is 0 Å². The minimum absolute atomic E-state index is 0.0485. The quantitative estimate of drug-likeness (QED) is 0.143. The zero-order valence-corrected chi connectivity index (χ0v) is 25.2. The number of hydrogen-bond donors (Lipinski definition) is 4. The number of benzene rings is 2. The molecular weight excluding hydrogens is 564 g/mol. The minimum atomic E-state index is -1.37. The number of primary amides is 1. The van der Waals surface area contributed by atoms with Crippen molar-refractivity contribution in [1.29, 1.82) is 0 Å². The number of rotatable bonds is 16. The number of ketones is 1. The maximum absolute atomic E-state index is 13.6. The number of nitrogens with one attached hydrogen (secondary N) is 3. The van der Waals surface area contributed by atoms with E-state index in [4.69, 9.17) is 10.5 Å². The zero-order valence-electron chi connectivity index (χ0n) is 25.2. The van der Waals surface area contributed by atoms with Crippen LogP contribution in [0.25, 0.3) is 10.9 Å². The van der Waals surface area contributed by atoms with Gasteiger partial charge in [0, 0.05) is 11.4 Å². The van der Waals surface area contributed by atoms with Gasteiger partial charge in [-0.25, -0.2) is 14.8 Å². The Hall–Kier alpha value is -4.84. The summed E-state index contributed by atoms with van der Waals surface area (Å²) >= 11 is 0. The number of aromatic nitrogens is 1. The van der Waals surface area contributed by atoms with Gasteiger partial charge in [-0.05, 0) is 44.4 Å². The van der Waals surface area contributed by atoms with Crippen molar-refractivity contribution >= 4 is 40.5 Å². The first-order valence-electron chi connectivity index (χ1n) is 14.6. The minimum Gasteiger partial charge on any atom is -0.449 e. The lowest BCUT2D eigenvalue weighted by Gasteiger charge is -2.28. The number of carbonyl (C=O) groups is 5. The predicted octanol–water partition coefficient (Wildman–Crippen LogP) is 2.66. The Morgan fingerprint density at radius 1 is 0.909 bits per heavy atom. The molecule has 1 heterocycles. The molecule has 2 aromatic carbocycles. The molecule has 0 fully saturated rings. The molecule has 0 aliphatic heterocycles. The second kappa shape index (κ2) is 16.7. The van der Waals surface area contributed by atoms with Crippen molar-refractivity contribution in [2.24, 2.45) is 5.73 Å². The molecule has 0 aliphatic rings. The fourth-order valence-electron chi connectivity index (χ4n) is 4.29. The number of para-hydroxylation sites is 1. The van der Waals surface area contributed by atoms with Crippen LogP contribution in [0.3, 0.4) is 0 Å². The fourth-order valence-corrected chi connectivity index (χ4v) is 4.29. The number of ether oxygens (including phenoxy) is 1. The van der Waals surface area contributed by atoms with Crippen LogP contribution in [0, 0.1) is 0 Å². The van der Waals surface area contributed by atoms with Crippen molar-refractivity contribution in [3.05, 3.63) is 78.0 Å². The van der Waals surface area contributed by atoms with Crippen molar-refractivity contribution in [3.8, 4) is 0 Å². The Morgan fingerprint density at radius 2 is 1.61 bits per heavy atom. The molecule has 1 aromatic heterocycles. The molecule has 2 atom stereocenters. The summed E-state index contributed by atoms with van der Waals surface area (Å²) in [5, 5.41) is 7.49. The van der Waals surface area contributed by atoms with Crippen molar-refractivity contribution in [2.45, 2.75) is 64.6 Å². The highest BCUT2D eigenvalue weighted by Gasteiger charge is 2.30. The van der Waals surface area contributed by atoms with Gasteiger partial charge >= 0.3 is 6.09 Å². The van der Waals surface area contributed by atoms with E-state index in [-0.39, 0.29) is 31.3 Å². The van der Waals surface area contributed by atoms with Crippen molar-refractivity contribution in [2.75, 3.05) is 13.2 Å². The van der Waals surface area contributed by atoms with Crippen molar-refractivity contribution in [3.63, 3.8) is 0 Å². The van der Waals surface area contributed by atoms with Crippen molar-refractivity contribution < 1.29 is 28.7 Å². The van der Waals surface area contributed by atoms with Gasteiger partial charge in [0.25, 0.3) is 5.91 Å². The summed E-state index contributed by atoms with van der Waals surface area (Å²) in [6.07, 6.45) is 0.507. The number of amides is 4. The summed E-state index contributed by atoms with van der Waals surface area (Å²) in [7, 11) is 0. The lowest BCUT2D eigenvalue weighted by atomic mass is 10.0. The van der Waals surface area contributed by atoms with Gasteiger partial charge in [-0.3, -0.25) is 24.6 Å². The van der Waals surface area contributed by atoms with E-state index in [0.29, 0.717) is 11.9 Å². The van der Waals surface area contributed by atoms with Crippen LogP contribution in [-0.2, 0) is 25.5 Å². The van der Waals surface area contributed by atoms with Gasteiger partial charge in [-0.2, -0.15) is 0 Å². The smallest absolute Gasteiger partial charge is 0.421 e. The second-order valence-corrected chi connectivity index (χ2v) is 10.6. The third kappa shape index (κ3) is 10.5. The second-order valence-electron chi connectivity index (χ2n) is 10.6. The normalized spacial score (nSPS) is 12.4. The summed E-state index contributed by atoms with van der Waals surface area (Å²) in [4.78, 5) is 68.7. The van der Waals surface area contributed by atoms with Crippen LogP contribution in [0.5, 0.6) is 0 Å². The van der Waals surface area contributed by atoms with Gasteiger partial charge in [0.05, 0.1) is 31.1 Å². The fraction of sp³-hybridized carbons (Fsp3) is 0.375. The number of hydrogen-bond acceptors (Lipinski definition) is 8. The summed E-state index contributed by atoms with van der Waals surface area (Å²) in [5.74, 6) is -2.68. The number of fused-ring (bicyclic) bond motifs is 1. The molecule has 5 N–H and O–H groups in total. The summed E-state index contributed by atoms with van der Waals surface area (Å²) in [5.41, 5.74) is 9.41. The highest BCUT2D eigenvalue weighted by molar-refractivity contribution is 6.00. The molecule has 0 bridgehead atoms. The molecule has 0 radical (unpaired) electrons. The first-order valence-corrected chi connectivity index (χ1v) is 14.6. The number of pyridine rings is 1. The van der Waals surface area contributed by atoms with Crippen LogP contribution in [0.1, 0.15) is 56.1 Å². The largest absolute Gasteiger partial charge is 0.449 e. The Kier molecular flexibility index (Phi) is 12.8. The standard InChI is InChI=1S/C32H40N6O6/c1-4-5-17-44-32(43)37-38(21(2)3)20-28(39)26(18-22-11-7-6-8-12-22)35-31(42)27(19-29(33)40)36-30(41)25-16-15-23-13-9-10-14-24(23)34-25/h6-16,21,26-27H,4-5,17-20H2,1-3H3,(H2,33,40)(H,35,42)(H,36,41)(H,37,43)/t26-,27?/m0/s1. The topological polar surface area (TPSA) is 173 Å². The van der Waals surface area contributed by atoms with E-state index in [9.17, 15) is 24.0 Å². The first-order chi connectivity index (χ1) is 21.1. The number of Topliss-reactive ketones (excluding diaryl/α,β-unsaturated/α-hetero) is 1. The third-order valence-electron chi connectivity index (χ3n) is 6.76. The summed E-state index contributed by atoms with van der Waals surface area (Å²) < 4.78 is 5.17. The zero-order chi connectivity index (χ0) is 32.1. The Morgan fingerprint density at radius 3 is 2.30 bits per heavy atom. The molecule has 1 unspecified atom stereocenters. The van der Waals surface area contributed by atoms with Crippen LogP contribution in [0.4, 0.5) is 4.79 Å². The average molecular weight is 605 g/mol. The molecule has 12 nitrogen and oxygen atoms in total. The molecule has 44 heavy (non-hydrogen) atoms. The van der Waals surface area contributed by atoms with Crippen LogP contribution in [0.15, 0.2) is 66.7 Å². The molecule has 234 valence electrons. The molecule has 0 saturated heterocycles. The van der Waals surface area contributed by atoms with Gasteiger partial charge in [-0.1, -0.05) is 67.9 Å². The molecule has 3 aromatic rings. The highest BCUT2D eigenvalue weighted by Crippen LogP contribution is 2.12. The summed E-state index contributed by atoms with van der Waals surface area (Å²) in [6.45, 7) is 5.57. The van der Waals surface area contributed by atoms with Crippen LogP contribution in [0.2, 0.25) is 0 Å². The molecular formula is C32H40N6O6. The van der Waals surface area contributed by atoms with E-state index < -0.39 is 48.1 Å². The summed E-state index contributed by atoms with van der Waals surface area (Å²) in [6, 6.07) is 16.8. The average Bonchev–Trinajstić information content (AvgIpc) is 3.00. The Balaban J connectivity index is 1.78. The van der Waals surface area contributed by atoms with E-state index in [1.807, 2.05) is 37.3 Å². The van der Waals surface area contributed by atoms with Crippen molar-refractivity contribution in [1.82, 2.24) is 26.1 Å². The molecule has 0 saturated carbocycles. The van der Waals surface area contributed by atoms with Crippen LogP contribution >= 0.6 is 0 Å².